The molecule has 0 aliphatic heterocycles. The normalized spacial score (nSPS) is 20.4. The van der Waals surface area contributed by atoms with Crippen LogP contribution in [-0.2, 0) is 0 Å². The lowest BCUT2D eigenvalue weighted by molar-refractivity contribution is 0.454. The molecule has 0 radical (unpaired) electrons. The van der Waals surface area contributed by atoms with E-state index in [1.807, 2.05) is 0 Å². The Balaban J connectivity index is 2.00. The maximum absolute atomic E-state index is 4.43. The van der Waals surface area contributed by atoms with Crippen molar-refractivity contribution in [3.63, 3.8) is 0 Å². The molecule has 14 heavy (non-hydrogen) atoms. The van der Waals surface area contributed by atoms with Gasteiger partial charge in [0.1, 0.15) is 5.01 Å². The third-order valence-electron chi connectivity index (χ3n) is 2.87. The number of hydrogen-bond donors (Lipinski definition) is 0. The molecule has 0 spiro atoms. The third kappa shape index (κ3) is 2.76. The van der Waals surface area contributed by atoms with Crippen LogP contribution in [-0.4, -0.2) is 9.36 Å². The van der Waals surface area contributed by atoms with Gasteiger partial charge in [0.15, 0.2) is 0 Å². The molecular formula is C10H15BrN2S. The van der Waals surface area contributed by atoms with Crippen LogP contribution in [0.25, 0.3) is 0 Å². The Morgan fingerprint density at radius 1 is 1.07 bits per heavy atom. The zero-order chi connectivity index (χ0) is 9.80. The fraction of sp³-hybridized carbons (Fsp3) is 0.800. The highest BCUT2D eigenvalue weighted by atomic mass is 79.9. The van der Waals surface area contributed by atoms with Crippen molar-refractivity contribution in [1.82, 2.24) is 9.36 Å². The van der Waals surface area contributed by atoms with Crippen molar-refractivity contribution in [3.05, 3.63) is 9.74 Å². The predicted molar refractivity (Wildman–Crippen MR) is 62.7 cm³/mol. The second kappa shape index (κ2) is 5.21. The van der Waals surface area contributed by atoms with Gasteiger partial charge in [0.25, 0.3) is 0 Å². The van der Waals surface area contributed by atoms with Crippen molar-refractivity contribution in [2.45, 2.75) is 50.9 Å². The minimum atomic E-state index is 0.680. The SMILES string of the molecule is Brc1nsc(C2CCCCCCC2)n1. The fourth-order valence-corrected chi connectivity index (χ4v) is 3.33. The molecule has 4 heteroatoms. The topological polar surface area (TPSA) is 25.8 Å². The summed E-state index contributed by atoms with van der Waals surface area (Å²) >= 11 is 4.89. The molecule has 0 aromatic carbocycles. The van der Waals surface area contributed by atoms with E-state index in [9.17, 15) is 0 Å². The van der Waals surface area contributed by atoms with E-state index >= 15 is 0 Å². The van der Waals surface area contributed by atoms with Crippen molar-refractivity contribution >= 4 is 27.5 Å². The molecule has 1 aliphatic rings. The van der Waals surface area contributed by atoms with Gasteiger partial charge >= 0.3 is 0 Å². The van der Waals surface area contributed by atoms with Crippen LogP contribution < -0.4 is 0 Å². The van der Waals surface area contributed by atoms with E-state index in [1.165, 1.54) is 50.0 Å². The van der Waals surface area contributed by atoms with Crippen molar-refractivity contribution in [3.8, 4) is 0 Å². The van der Waals surface area contributed by atoms with E-state index in [4.69, 9.17) is 0 Å². The molecular weight excluding hydrogens is 260 g/mol. The lowest BCUT2D eigenvalue weighted by Gasteiger charge is -2.16. The molecule has 1 aromatic rings. The van der Waals surface area contributed by atoms with E-state index < -0.39 is 0 Å². The Hall–Kier alpha value is 0.0400. The van der Waals surface area contributed by atoms with E-state index in [1.54, 1.807) is 11.5 Å². The van der Waals surface area contributed by atoms with Gasteiger partial charge in [-0.1, -0.05) is 32.1 Å². The molecule has 0 saturated heterocycles. The zero-order valence-corrected chi connectivity index (χ0v) is 10.6. The molecule has 1 fully saturated rings. The van der Waals surface area contributed by atoms with Crippen molar-refractivity contribution < 1.29 is 0 Å². The summed E-state index contributed by atoms with van der Waals surface area (Å²) in [4.78, 5) is 4.43. The van der Waals surface area contributed by atoms with E-state index in [-0.39, 0.29) is 0 Å². The maximum atomic E-state index is 4.43. The molecule has 2 nitrogen and oxygen atoms in total. The molecule has 0 bridgehead atoms. The lowest BCUT2D eigenvalue weighted by atomic mass is 9.92. The number of nitrogens with zero attached hydrogens (tertiary/aromatic N) is 2. The lowest BCUT2D eigenvalue weighted by Crippen LogP contribution is -2.01. The highest BCUT2D eigenvalue weighted by Crippen LogP contribution is 2.32. The zero-order valence-electron chi connectivity index (χ0n) is 8.21. The van der Waals surface area contributed by atoms with Crippen LogP contribution in [0, 0.1) is 0 Å². The third-order valence-corrected chi connectivity index (χ3v) is 4.34. The molecule has 0 atom stereocenters. The van der Waals surface area contributed by atoms with E-state index in [0.717, 1.165) is 4.73 Å². The first-order chi connectivity index (χ1) is 6.86. The molecule has 2 rings (SSSR count). The molecule has 1 saturated carbocycles. The van der Waals surface area contributed by atoms with Crippen LogP contribution in [0.5, 0.6) is 0 Å². The molecule has 1 aromatic heterocycles. The summed E-state index contributed by atoms with van der Waals surface area (Å²) in [5.41, 5.74) is 0. The van der Waals surface area contributed by atoms with E-state index in [2.05, 4.69) is 25.3 Å². The quantitative estimate of drug-likeness (QED) is 0.770. The number of hydrogen-bond acceptors (Lipinski definition) is 3. The summed E-state index contributed by atoms with van der Waals surface area (Å²) in [5.74, 6) is 0.680. The first-order valence-electron chi connectivity index (χ1n) is 5.35. The van der Waals surface area contributed by atoms with Gasteiger partial charge in [0.05, 0.1) is 0 Å². The van der Waals surface area contributed by atoms with Gasteiger partial charge in [-0.05, 0) is 40.3 Å². The van der Waals surface area contributed by atoms with Gasteiger partial charge in [0.2, 0.25) is 4.73 Å². The minimum Gasteiger partial charge on any atom is -0.214 e. The second-order valence-corrected chi connectivity index (χ2v) is 5.44. The average molecular weight is 275 g/mol. The largest absolute Gasteiger partial charge is 0.214 e. The Morgan fingerprint density at radius 3 is 2.29 bits per heavy atom. The Bertz CT molecular complexity index is 279. The highest BCUT2D eigenvalue weighted by molar-refractivity contribution is 9.10. The fourth-order valence-electron chi connectivity index (χ4n) is 2.09. The molecule has 0 unspecified atom stereocenters. The molecule has 0 amide bonds. The van der Waals surface area contributed by atoms with Crippen LogP contribution in [0.2, 0.25) is 0 Å². The van der Waals surface area contributed by atoms with Crippen LogP contribution in [0.15, 0.2) is 4.73 Å². The summed E-state index contributed by atoms with van der Waals surface area (Å²) in [6, 6.07) is 0. The summed E-state index contributed by atoms with van der Waals surface area (Å²) < 4.78 is 4.96. The summed E-state index contributed by atoms with van der Waals surface area (Å²) in [7, 11) is 0. The first kappa shape index (κ1) is 10.6. The van der Waals surface area contributed by atoms with Gasteiger partial charge in [-0.15, -0.1) is 0 Å². The van der Waals surface area contributed by atoms with Gasteiger partial charge in [-0.3, -0.25) is 0 Å². The first-order valence-corrected chi connectivity index (χ1v) is 6.92. The number of aromatic nitrogens is 2. The number of halogens is 1. The van der Waals surface area contributed by atoms with Crippen LogP contribution in [0.1, 0.15) is 55.9 Å². The van der Waals surface area contributed by atoms with Gasteiger partial charge in [-0.2, -0.15) is 4.37 Å². The van der Waals surface area contributed by atoms with E-state index in [0.29, 0.717) is 5.92 Å². The molecule has 0 N–H and O–H groups in total. The van der Waals surface area contributed by atoms with Crippen LogP contribution >= 0.6 is 27.5 Å². The Kier molecular flexibility index (Phi) is 3.93. The Morgan fingerprint density at radius 2 is 1.71 bits per heavy atom. The average Bonchev–Trinajstić information content (AvgIpc) is 2.51. The maximum Gasteiger partial charge on any atom is 0.209 e. The standard InChI is InChI=1S/C10H15BrN2S/c11-10-12-9(14-13-10)8-6-4-2-1-3-5-7-8/h8H,1-7H2. The number of rotatable bonds is 1. The molecule has 1 aliphatic carbocycles. The van der Waals surface area contributed by atoms with Crippen LogP contribution in [0.4, 0.5) is 0 Å². The highest BCUT2D eigenvalue weighted by Gasteiger charge is 2.17. The summed E-state index contributed by atoms with van der Waals surface area (Å²) in [6.45, 7) is 0. The summed E-state index contributed by atoms with van der Waals surface area (Å²) in [6.07, 6.45) is 9.56. The van der Waals surface area contributed by atoms with Crippen molar-refractivity contribution in [2.75, 3.05) is 0 Å². The van der Waals surface area contributed by atoms with Gasteiger partial charge in [-0.25, -0.2) is 4.98 Å². The van der Waals surface area contributed by atoms with Crippen molar-refractivity contribution in [2.24, 2.45) is 0 Å². The predicted octanol–water partition coefficient (Wildman–Crippen LogP) is 4.13. The summed E-state index contributed by atoms with van der Waals surface area (Å²) in [5, 5.41) is 1.23. The molecule has 78 valence electrons. The smallest absolute Gasteiger partial charge is 0.209 e. The Labute approximate surface area is 97.4 Å². The minimum absolute atomic E-state index is 0.680. The van der Waals surface area contributed by atoms with Gasteiger partial charge in [0, 0.05) is 5.92 Å². The van der Waals surface area contributed by atoms with Crippen molar-refractivity contribution in [1.29, 1.82) is 0 Å². The second-order valence-electron chi connectivity index (χ2n) is 3.94. The van der Waals surface area contributed by atoms with Crippen LogP contribution in [0.3, 0.4) is 0 Å². The van der Waals surface area contributed by atoms with Gasteiger partial charge < -0.3 is 0 Å². The monoisotopic (exact) mass is 274 g/mol. The molecule has 1 heterocycles.